The number of hydrogen-bond donors (Lipinski definition) is 0. The summed E-state index contributed by atoms with van der Waals surface area (Å²) in [6.45, 7) is 8.67. The van der Waals surface area contributed by atoms with E-state index >= 15 is 0 Å². The number of rotatable bonds is 4. The van der Waals surface area contributed by atoms with Crippen molar-refractivity contribution in [1.82, 2.24) is 9.80 Å². The van der Waals surface area contributed by atoms with Crippen LogP contribution in [0.15, 0.2) is 18.2 Å². The van der Waals surface area contributed by atoms with E-state index in [-0.39, 0.29) is 23.8 Å². The fourth-order valence-corrected chi connectivity index (χ4v) is 3.28. The molecule has 1 saturated carbocycles. The molecule has 1 aliphatic carbocycles. The predicted molar refractivity (Wildman–Crippen MR) is 96.8 cm³/mol. The van der Waals surface area contributed by atoms with Gasteiger partial charge in [-0.2, -0.15) is 0 Å². The lowest BCUT2D eigenvalue weighted by molar-refractivity contribution is -0.132. The average Bonchev–Trinajstić information content (AvgIpc) is 3.41. The van der Waals surface area contributed by atoms with Gasteiger partial charge in [0, 0.05) is 37.7 Å². The summed E-state index contributed by atoms with van der Waals surface area (Å²) >= 11 is 0. The van der Waals surface area contributed by atoms with Crippen LogP contribution < -0.4 is 4.74 Å². The minimum atomic E-state index is 0.0416. The molecule has 0 radical (unpaired) electrons. The molecule has 2 fully saturated rings. The molecule has 1 heterocycles. The van der Waals surface area contributed by atoms with Crippen molar-refractivity contribution in [3.8, 4) is 5.75 Å². The fraction of sp³-hybridized carbons (Fsp3) is 0.600. The Labute approximate surface area is 149 Å². The number of carbonyl (C=O) groups is 2. The van der Waals surface area contributed by atoms with Crippen molar-refractivity contribution in [3.05, 3.63) is 29.3 Å². The van der Waals surface area contributed by atoms with Crippen LogP contribution in [0.4, 0.5) is 0 Å². The third-order valence-corrected chi connectivity index (χ3v) is 4.81. The molecule has 136 valence electrons. The monoisotopic (exact) mass is 344 g/mol. The van der Waals surface area contributed by atoms with Gasteiger partial charge in [-0.05, 0) is 63.8 Å². The van der Waals surface area contributed by atoms with E-state index in [0.29, 0.717) is 25.2 Å². The van der Waals surface area contributed by atoms with Gasteiger partial charge in [0.1, 0.15) is 5.75 Å². The Bertz CT molecular complexity index is 652. The van der Waals surface area contributed by atoms with Crippen LogP contribution in [0.5, 0.6) is 5.75 Å². The molecule has 3 rings (SSSR count). The first-order valence-corrected chi connectivity index (χ1v) is 9.31. The Balaban J connectivity index is 1.64. The van der Waals surface area contributed by atoms with Crippen LogP contribution in [0.25, 0.3) is 0 Å². The molecule has 0 unspecified atom stereocenters. The van der Waals surface area contributed by atoms with Crippen molar-refractivity contribution < 1.29 is 14.3 Å². The van der Waals surface area contributed by atoms with Crippen LogP contribution in [-0.4, -0.2) is 53.9 Å². The molecular formula is C20H28N2O3. The second kappa shape index (κ2) is 7.46. The second-order valence-electron chi connectivity index (χ2n) is 7.39. The first-order valence-electron chi connectivity index (χ1n) is 9.31. The van der Waals surface area contributed by atoms with E-state index in [2.05, 4.69) is 0 Å². The summed E-state index contributed by atoms with van der Waals surface area (Å²) in [5.74, 6) is 1.39. The maximum Gasteiger partial charge on any atom is 0.253 e. The summed E-state index contributed by atoms with van der Waals surface area (Å²) in [6.07, 6.45) is 3.02. The summed E-state index contributed by atoms with van der Waals surface area (Å²) in [6, 6.07) is 5.62. The number of benzene rings is 1. The minimum absolute atomic E-state index is 0.0416. The molecule has 5 heteroatoms. The molecule has 1 saturated heterocycles. The molecule has 0 atom stereocenters. The van der Waals surface area contributed by atoms with Gasteiger partial charge in [-0.1, -0.05) is 0 Å². The number of ether oxygens (including phenoxy) is 1. The van der Waals surface area contributed by atoms with Crippen LogP contribution in [0, 0.1) is 12.8 Å². The number of nitrogens with zero attached hydrogens (tertiary/aromatic N) is 2. The third kappa shape index (κ3) is 4.33. The average molecular weight is 344 g/mol. The highest BCUT2D eigenvalue weighted by Gasteiger charge is 2.34. The summed E-state index contributed by atoms with van der Waals surface area (Å²) in [4.78, 5) is 28.9. The Kier molecular flexibility index (Phi) is 5.30. The summed E-state index contributed by atoms with van der Waals surface area (Å²) in [5.41, 5.74) is 1.66. The van der Waals surface area contributed by atoms with Crippen LogP contribution >= 0.6 is 0 Å². The maximum atomic E-state index is 12.8. The zero-order chi connectivity index (χ0) is 18.0. The highest BCUT2D eigenvalue weighted by atomic mass is 16.5. The van der Waals surface area contributed by atoms with Crippen molar-refractivity contribution in [2.75, 3.05) is 26.2 Å². The van der Waals surface area contributed by atoms with Crippen LogP contribution in [0.2, 0.25) is 0 Å². The zero-order valence-electron chi connectivity index (χ0n) is 15.5. The van der Waals surface area contributed by atoms with E-state index in [1.54, 1.807) is 0 Å². The van der Waals surface area contributed by atoms with E-state index in [0.717, 1.165) is 37.1 Å². The normalized spacial score (nSPS) is 18.2. The van der Waals surface area contributed by atoms with E-state index in [9.17, 15) is 9.59 Å². The van der Waals surface area contributed by atoms with Crippen molar-refractivity contribution in [2.24, 2.45) is 5.92 Å². The molecule has 2 amide bonds. The lowest BCUT2D eigenvalue weighted by Gasteiger charge is -2.22. The molecule has 5 nitrogen and oxygen atoms in total. The van der Waals surface area contributed by atoms with Gasteiger partial charge in [0.05, 0.1) is 6.10 Å². The number of carbonyl (C=O) groups excluding carboxylic acids is 2. The lowest BCUT2D eigenvalue weighted by Crippen LogP contribution is -2.38. The van der Waals surface area contributed by atoms with Crippen molar-refractivity contribution in [2.45, 2.75) is 46.1 Å². The van der Waals surface area contributed by atoms with Crippen LogP contribution in [0.1, 0.15) is 49.0 Å². The molecule has 0 aromatic heterocycles. The summed E-state index contributed by atoms with van der Waals surface area (Å²) < 4.78 is 5.74. The Morgan fingerprint density at radius 3 is 2.40 bits per heavy atom. The summed E-state index contributed by atoms with van der Waals surface area (Å²) in [5, 5.41) is 0. The Morgan fingerprint density at radius 1 is 1.08 bits per heavy atom. The van der Waals surface area contributed by atoms with Crippen LogP contribution in [-0.2, 0) is 4.79 Å². The molecular weight excluding hydrogens is 316 g/mol. The van der Waals surface area contributed by atoms with E-state index < -0.39 is 0 Å². The third-order valence-electron chi connectivity index (χ3n) is 4.81. The first kappa shape index (κ1) is 17.8. The number of hydrogen-bond acceptors (Lipinski definition) is 3. The molecule has 1 aliphatic heterocycles. The van der Waals surface area contributed by atoms with Gasteiger partial charge >= 0.3 is 0 Å². The molecule has 0 N–H and O–H groups in total. The van der Waals surface area contributed by atoms with Crippen molar-refractivity contribution in [1.29, 1.82) is 0 Å². The molecule has 25 heavy (non-hydrogen) atoms. The molecule has 1 aromatic carbocycles. The van der Waals surface area contributed by atoms with Gasteiger partial charge in [-0.25, -0.2) is 0 Å². The largest absolute Gasteiger partial charge is 0.491 e. The summed E-state index contributed by atoms with van der Waals surface area (Å²) in [7, 11) is 0. The van der Waals surface area contributed by atoms with Gasteiger partial charge in [-0.3, -0.25) is 9.59 Å². The minimum Gasteiger partial charge on any atom is -0.491 e. The van der Waals surface area contributed by atoms with Gasteiger partial charge < -0.3 is 14.5 Å². The van der Waals surface area contributed by atoms with E-state index in [4.69, 9.17) is 4.74 Å². The molecule has 0 spiro atoms. The van der Waals surface area contributed by atoms with E-state index in [1.807, 2.05) is 48.8 Å². The lowest BCUT2D eigenvalue weighted by atomic mass is 10.1. The second-order valence-corrected chi connectivity index (χ2v) is 7.39. The topological polar surface area (TPSA) is 49.9 Å². The smallest absolute Gasteiger partial charge is 0.253 e. The SMILES string of the molecule is Cc1cc(C(=O)N2CCCN(C(=O)C3CC3)CC2)ccc1OC(C)C. The zero-order valence-corrected chi connectivity index (χ0v) is 15.5. The predicted octanol–water partition coefficient (Wildman–Crippen LogP) is 2.87. The quantitative estimate of drug-likeness (QED) is 0.844. The van der Waals surface area contributed by atoms with Gasteiger partial charge in [-0.15, -0.1) is 0 Å². The molecule has 1 aromatic rings. The van der Waals surface area contributed by atoms with Crippen LogP contribution in [0.3, 0.4) is 0 Å². The van der Waals surface area contributed by atoms with Crippen molar-refractivity contribution >= 4 is 11.8 Å². The van der Waals surface area contributed by atoms with Gasteiger partial charge in [0.25, 0.3) is 5.91 Å². The Hall–Kier alpha value is -2.04. The van der Waals surface area contributed by atoms with Gasteiger partial charge in [0.2, 0.25) is 5.91 Å². The van der Waals surface area contributed by atoms with E-state index in [1.165, 1.54) is 0 Å². The number of aryl methyl sites for hydroxylation is 1. The Morgan fingerprint density at radius 2 is 1.76 bits per heavy atom. The highest BCUT2D eigenvalue weighted by molar-refractivity contribution is 5.94. The maximum absolute atomic E-state index is 12.8. The first-order chi connectivity index (χ1) is 12.0. The highest BCUT2D eigenvalue weighted by Crippen LogP contribution is 2.31. The molecule has 0 bridgehead atoms. The fourth-order valence-electron chi connectivity index (χ4n) is 3.28. The van der Waals surface area contributed by atoms with Gasteiger partial charge in [0.15, 0.2) is 0 Å². The standard InChI is InChI=1S/C20H28N2O3/c1-14(2)25-18-8-7-17(13-15(18)3)20(24)22-10-4-9-21(11-12-22)19(23)16-5-6-16/h7-8,13-14,16H,4-6,9-12H2,1-3H3. The molecule has 2 aliphatic rings. The van der Waals surface area contributed by atoms with Crippen molar-refractivity contribution in [3.63, 3.8) is 0 Å². The number of amides is 2.